The van der Waals surface area contributed by atoms with Crippen molar-refractivity contribution in [1.29, 1.82) is 0 Å². The summed E-state index contributed by atoms with van der Waals surface area (Å²) >= 11 is -0.672. The number of ether oxygens (including phenoxy) is 2. The van der Waals surface area contributed by atoms with Crippen LogP contribution in [0.5, 0.6) is 0 Å². The molecule has 0 heterocycles. The number of fused-ring (bicyclic) bond motifs is 2. The van der Waals surface area contributed by atoms with Gasteiger partial charge in [0.1, 0.15) is 18.1 Å². The molecule has 0 aliphatic heterocycles. The molecule has 2 aliphatic carbocycles. The molecule has 4 atom stereocenters. The van der Waals surface area contributed by atoms with Crippen LogP contribution in [-0.2, 0) is 23.6 Å². The third-order valence-electron chi connectivity index (χ3n) is 3.69. The van der Waals surface area contributed by atoms with Gasteiger partial charge in [0.2, 0.25) is 0 Å². The minimum Gasteiger partial charge on any atom is -0.691 e. The molecule has 2 bridgehead atoms. The SMILES string of the molecule is COC1CC2CC1CC2OC(=O)C(F)(F)SOO[O-]. The third-order valence-corrected chi connectivity index (χ3v) is 4.19. The molecule has 2 saturated carbocycles. The highest BCUT2D eigenvalue weighted by Gasteiger charge is 2.51. The van der Waals surface area contributed by atoms with Gasteiger partial charge in [-0.3, -0.25) is 5.04 Å². The summed E-state index contributed by atoms with van der Waals surface area (Å²) in [7, 11) is 1.61. The van der Waals surface area contributed by atoms with Gasteiger partial charge in [-0.25, -0.2) is 4.79 Å². The molecule has 2 fully saturated rings. The Morgan fingerprint density at radius 3 is 2.42 bits per heavy atom. The Morgan fingerprint density at radius 2 is 1.89 bits per heavy atom. The zero-order valence-electron chi connectivity index (χ0n) is 10.0. The molecule has 2 aliphatic rings. The van der Waals surface area contributed by atoms with Crippen molar-refractivity contribution in [3.63, 3.8) is 0 Å². The van der Waals surface area contributed by atoms with Crippen molar-refractivity contribution in [2.75, 3.05) is 7.11 Å². The van der Waals surface area contributed by atoms with E-state index in [0.29, 0.717) is 12.8 Å². The summed E-state index contributed by atoms with van der Waals surface area (Å²) < 4.78 is 39.8. The van der Waals surface area contributed by atoms with Crippen LogP contribution in [0.15, 0.2) is 0 Å². The topological polar surface area (TPSA) is 77.1 Å². The Kier molecular flexibility index (Phi) is 4.62. The minimum absolute atomic E-state index is 0.0522. The molecular weight excluding hydrogens is 286 g/mol. The molecule has 6 nitrogen and oxygen atoms in total. The van der Waals surface area contributed by atoms with Gasteiger partial charge in [0.05, 0.1) is 6.10 Å². The fraction of sp³-hybridized carbons (Fsp3) is 0.900. The molecule has 0 aromatic carbocycles. The first kappa shape index (κ1) is 14.9. The van der Waals surface area contributed by atoms with Crippen LogP contribution in [0, 0.1) is 11.8 Å². The van der Waals surface area contributed by atoms with Crippen LogP contribution in [0.1, 0.15) is 19.3 Å². The lowest BCUT2D eigenvalue weighted by Crippen LogP contribution is -2.36. The predicted molar refractivity (Wildman–Crippen MR) is 56.2 cm³/mol. The molecule has 0 N–H and O–H groups in total. The summed E-state index contributed by atoms with van der Waals surface area (Å²) in [5.74, 6) is -1.42. The first-order valence-corrected chi connectivity index (χ1v) is 6.48. The normalized spacial score (nSPS) is 33.7. The zero-order chi connectivity index (χ0) is 14.0. The summed E-state index contributed by atoms with van der Waals surface area (Å²) in [5, 5.41) is 8.29. The monoisotopic (exact) mass is 299 g/mol. The average Bonchev–Trinajstić information content (AvgIpc) is 2.95. The molecule has 0 amide bonds. The standard InChI is InChI=1S/C10H14F2O6S/c1-15-7-3-6-2-5(7)4-8(6)16-9(13)10(11,12)19-18-17-14/h5-8,14H,2-4H2,1H3/p-1. The second-order valence-corrected chi connectivity index (χ2v) is 5.50. The van der Waals surface area contributed by atoms with E-state index in [-0.39, 0.29) is 17.9 Å². The number of carbonyl (C=O) groups is 1. The first-order chi connectivity index (χ1) is 8.97. The lowest BCUT2D eigenvalue weighted by molar-refractivity contribution is -0.777. The van der Waals surface area contributed by atoms with E-state index in [1.54, 1.807) is 7.11 Å². The molecule has 0 aromatic rings. The van der Waals surface area contributed by atoms with Gasteiger partial charge in [-0.05, 0) is 31.1 Å². The summed E-state index contributed by atoms with van der Waals surface area (Å²) in [5.41, 5.74) is 0. The van der Waals surface area contributed by atoms with Crippen LogP contribution in [0.2, 0.25) is 0 Å². The van der Waals surface area contributed by atoms with Crippen molar-refractivity contribution in [3.05, 3.63) is 0 Å². The lowest BCUT2D eigenvalue weighted by atomic mass is 9.95. The number of alkyl halides is 2. The molecule has 4 unspecified atom stereocenters. The van der Waals surface area contributed by atoms with Crippen molar-refractivity contribution in [2.45, 2.75) is 36.7 Å². The highest BCUT2D eigenvalue weighted by molar-refractivity contribution is 7.96. The van der Waals surface area contributed by atoms with Crippen molar-refractivity contribution >= 4 is 18.0 Å². The van der Waals surface area contributed by atoms with Crippen LogP contribution >= 0.6 is 12.0 Å². The molecular formula is C10H13F2O6S-. The van der Waals surface area contributed by atoms with Crippen molar-refractivity contribution < 1.29 is 37.7 Å². The number of hydrogen-bond acceptors (Lipinski definition) is 7. The van der Waals surface area contributed by atoms with Crippen LogP contribution in [-0.4, -0.2) is 30.5 Å². The van der Waals surface area contributed by atoms with Crippen molar-refractivity contribution in [3.8, 4) is 0 Å². The zero-order valence-corrected chi connectivity index (χ0v) is 10.9. The Labute approximate surface area is 112 Å². The van der Waals surface area contributed by atoms with Gasteiger partial charge >= 0.3 is 11.2 Å². The molecule has 0 radical (unpaired) electrons. The predicted octanol–water partition coefficient (Wildman–Crippen LogP) is 0.808. The number of halogens is 2. The van der Waals surface area contributed by atoms with E-state index in [2.05, 4.69) is 9.37 Å². The van der Waals surface area contributed by atoms with Gasteiger partial charge in [0.15, 0.2) is 0 Å². The maximum Gasteiger partial charge on any atom is 0.415 e. The first-order valence-electron chi connectivity index (χ1n) is 5.74. The van der Waals surface area contributed by atoms with E-state index in [0.717, 1.165) is 6.42 Å². The van der Waals surface area contributed by atoms with Gasteiger partial charge in [0, 0.05) is 7.11 Å². The van der Waals surface area contributed by atoms with Gasteiger partial charge in [0.25, 0.3) is 0 Å². The highest BCUT2D eigenvalue weighted by atomic mass is 32.2. The fourth-order valence-electron chi connectivity index (χ4n) is 2.90. The van der Waals surface area contributed by atoms with Gasteiger partial charge in [-0.1, -0.05) is 0 Å². The third kappa shape index (κ3) is 3.16. The maximum absolute atomic E-state index is 13.2. The number of methoxy groups -OCH3 is 1. The molecule has 2 rings (SSSR count). The van der Waals surface area contributed by atoms with E-state index in [1.165, 1.54) is 0 Å². The molecule has 0 aromatic heterocycles. The smallest absolute Gasteiger partial charge is 0.415 e. The van der Waals surface area contributed by atoms with Crippen molar-refractivity contribution in [2.24, 2.45) is 11.8 Å². The Hall–Kier alpha value is -0.480. The number of carbonyl (C=O) groups excluding carboxylic acids is 1. The molecule has 0 spiro atoms. The molecule has 110 valence electrons. The number of esters is 1. The second-order valence-electron chi connectivity index (χ2n) is 4.68. The number of hydrogen-bond donors (Lipinski definition) is 0. The quantitative estimate of drug-likeness (QED) is 0.311. The molecule has 19 heavy (non-hydrogen) atoms. The minimum atomic E-state index is -3.97. The van der Waals surface area contributed by atoms with Crippen LogP contribution in [0.25, 0.3) is 0 Å². The lowest BCUT2D eigenvalue weighted by Gasteiger charge is -2.27. The molecule has 0 saturated heterocycles. The van der Waals surface area contributed by atoms with Crippen molar-refractivity contribution in [1.82, 2.24) is 0 Å². The van der Waals surface area contributed by atoms with E-state index < -0.39 is 29.4 Å². The van der Waals surface area contributed by atoms with E-state index >= 15 is 0 Å². The second kappa shape index (κ2) is 5.88. The highest BCUT2D eigenvalue weighted by Crippen LogP contribution is 2.48. The Morgan fingerprint density at radius 1 is 1.26 bits per heavy atom. The van der Waals surface area contributed by atoms with Crippen LogP contribution < -0.4 is 5.26 Å². The largest absolute Gasteiger partial charge is 0.691 e. The van der Waals surface area contributed by atoms with Gasteiger partial charge in [-0.15, -0.1) is 0 Å². The van der Waals surface area contributed by atoms with Gasteiger partial charge in [-0.2, -0.15) is 13.1 Å². The summed E-state index contributed by atoms with van der Waals surface area (Å²) in [6.07, 6.45) is 1.64. The summed E-state index contributed by atoms with van der Waals surface area (Å²) in [4.78, 5) is 11.3. The van der Waals surface area contributed by atoms with E-state index in [9.17, 15) is 18.8 Å². The molecule has 9 heteroatoms. The van der Waals surface area contributed by atoms with Crippen LogP contribution in [0.4, 0.5) is 8.78 Å². The van der Waals surface area contributed by atoms with Crippen LogP contribution in [0.3, 0.4) is 0 Å². The Bertz CT molecular complexity index is 342. The van der Waals surface area contributed by atoms with E-state index in [4.69, 9.17) is 9.47 Å². The average molecular weight is 299 g/mol. The summed E-state index contributed by atoms with van der Waals surface area (Å²) in [6, 6.07) is 0. The summed E-state index contributed by atoms with van der Waals surface area (Å²) in [6.45, 7) is 0. The number of rotatable bonds is 6. The van der Waals surface area contributed by atoms with Gasteiger partial charge < -0.3 is 14.7 Å². The Balaban J connectivity index is 1.84. The maximum atomic E-state index is 13.2. The fourth-order valence-corrected chi connectivity index (χ4v) is 3.13. The van der Waals surface area contributed by atoms with E-state index in [1.807, 2.05) is 0 Å².